The van der Waals surface area contributed by atoms with E-state index in [1.54, 1.807) is 0 Å². The first-order chi connectivity index (χ1) is 7.25. The zero-order valence-electron chi connectivity index (χ0n) is 8.66. The summed E-state index contributed by atoms with van der Waals surface area (Å²) in [5.41, 5.74) is 2.17. The number of aromatic nitrogens is 1. The number of hydrogen-bond donors (Lipinski definition) is 2. The zero-order valence-corrected chi connectivity index (χ0v) is 8.66. The third-order valence-corrected chi connectivity index (χ3v) is 3.33. The molecule has 1 aliphatic rings. The Labute approximate surface area is 88.9 Å². The Kier molecular flexibility index (Phi) is 1.86. The minimum absolute atomic E-state index is 0.329. The molecular weight excluding hydrogens is 186 g/mol. The minimum Gasteiger partial charge on any atom is -0.390 e. The Morgan fingerprint density at radius 1 is 1.27 bits per heavy atom. The lowest BCUT2D eigenvalue weighted by molar-refractivity contribution is 0.140. The van der Waals surface area contributed by atoms with Crippen LogP contribution in [-0.4, -0.2) is 15.7 Å². The lowest BCUT2D eigenvalue weighted by Gasteiger charge is -2.06. The molecule has 2 nitrogen and oxygen atoms in total. The third kappa shape index (κ3) is 1.77. The van der Waals surface area contributed by atoms with Gasteiger partial charge in [0.25, 0.3) is 0 Å². The van der Waals surface area contributed by atoms with E-state index in [1.807, 2.05) is 6.20 Å². The van der Waals surface area contributed by atoms with Gasteiger partial charge in [0.15, 0.2) is 0 Å². The molecular formula is C13H15NO. The molecule has 0 radical (unpaired) electrons. The van der Waals surface area contributed by atoms with Crippen molar-refractivity contribution < 1.29 is 5.11 Å². The fourth-order valence-electron chi connectivity index (χ4n) is 2.02. The molecule has 2 aromatic rings. The predicted molar refractivity (Wildman–Crippen MR) is 60.8 cm³/mol. The molecule has 0 atom stereocenters. The molecule has 1 fully saturated rings. The second-order valence-electron chi connectivity index (χ2n) is 4.62. The summed E-state index contributed by atoms with van der Waals surface area (Å²) in [6.45, 7) is 0. The summed E-state index contributed by atoms with van der Waals surface area (Å²) >= 11 is 0. The maximum atomic E-state index is 9.76. The Balaban J connectivity index is 1.78. The molecule has 0 saturated heterocycles. The third-order valence-electron chi connectivity index (χ3n) is 3.33. The van der Waals surface area contributed by atoms with Crippen molar-refractivity contribution in [1.82, 2.24) is 4.98 Å². The fourth-order valence-corrected chi connectivity index (χ4v) is 2.02. The number of aryl methyl sites for hydroxylation is 1. The van der Waals surface area contributed by atoms with E-state index in [0.717, 1.165) is 25.7 Å². The zero-order chi connectivity index (χ0) is 10.3. The van der Waals surface area contributed by atoms with Gasteiger partial charge in [-0.05, 0) is 48.8 Å². The molecule has 2 heteroatoms. The minimum atomic E-state index is -0.329. The normalized spacial score (nSPS) is 18.2. The van der Waals surface area contributed by atoms with Crippen molar-refractivity contribution in [3.63, 3.8) is 0 Å². The van der Waals surface area contributed by atoms with E-state index in [1.165, 1.54) is 16.5 Å². The highest BCUT2D eigenvalue weighted by Crippen LogP contribution is 2.39. The van der Waals surface area contributed by atoms with Crippen LogP contribution in [0, 0.1) is 0 Å². The van der Waals surface area contributed by atoms with Crippen LogP contribution in [0.2, 0.25) is 0 Å². The highest BCUT2D eigenvalue weighted by atomic mass is 16.3. The summed E-state index contributed by atoms with van der Waals surface area (Å²) in [5.74, 6) is 0. The number of benzene rings is 1. The van der Waals surface area contributed by atoms with Crippen molar-refractivity contribution in [3.05, 3.63) is 36.0 Å². The summed E-state index contributed by atoms with van der Waals surface area (Å²) in [6, 6.07) is 8.55. The number of fused-ring (bicyclic) bond motifs is 1. The van der Waals surface area contributed by atoms with Crippen molar-refractivity contribution in [2.75, 3.05) is 0 Å². The van der Waals surface area contributed by atoms with Gasteiger partial charge in [-0.3, -0.25) is 0 Å². The highest BCUT2D eigenvalue weighted by molar-refractivity contribution is 5.79. The lowest BCUT2D eigenvalue weighted by atomic mass is 10.0. The largest absolute Gasteiger partial charge is 0.390 e. The van der Waals surface area contributed by atoms with E-state index in [-0.39, 0.29) is 5.60 Å². The average molecular weight is 201 g/mol. The number of aromatic amines is 1. The molecule has 78 valence electrons. The summed E-state index contributed by atoms with van der Waals surface area (Å²) in [4.78, 5) is 3.21. The molecule has 0 spiro atoms. The van der Waals surface area contributed by atoms with Gasteiger partial charge in [0.05, 0.1) is 5.60 Å². The maximum Gasteiger partial charge on any atom is 0.0653 e. The molecule has 3 rings (SSSR count). The van der Waals surface area contributed by atoms with E-state index in [0.29, 0.717) is 0 Å². The predicted octanol–water partition coefficient (Wildman–Crippen LogP) is 2.63. The van der Waals surface area contributed by atoms with E-state index in [2.05, 4.69) is 29.2 Å². The van der Waals surface area contributed by atoms with Crippen LogP contribution in [0.4, 0.5) is 0 Å². The van der Waals surface area contributed by atoms with E-state index in [9.17, 15) is 5.11 Å². The summed E-state index contributed by atoms with van der Waals surface area (Å²) < 4.78 is 0. The number of rotatable bonds is 3. The Hall–Kier alpha value is -1.28. The van der Waals surface area contributed by atoms with E-state index >= 15 is 0 Å². The fraction of sp³-hybridized carbons (Fsp3) is 0.385. The van der Waals surface area contributed by atoms with Crippen molar-refractivity contribution in [1.29, 1.82) is 0 Å². The number of nitrogens with one attached hydrogen (secondary N) is 1. The monoisotopic (exact) mass is 201 g/mol. The molecule has 0 amide bonds. The smallest absolute Gasteiger partial charge is 0.0653 e. The summed E-state index contributed by atoms with van der Waals surface area (Å²) in [7, 11) is 0. The molecule has 0 bridgehead atoms. The first-order valence-corrected chi connectivity index (χ1v) is 5.54. The molecule has 1 aliphatic carbocycles. The van der Waals surface area contributed by atoms with Crippen molar-refractivity contribution in [2.24, 2.45) is 0 Å². The maximum absolute atomic E-state index is 9.76. The van der Waals surface area contributed by atoms with Crippen molar-refractivity contribution >= 4 is 10.9 Å². The average Bonchev–Trinajstić information content (AvgIpc) is 2.80. The Bertz CT molecular complexity index is 482. The highest BCUT2D eigenvalue weighted by Gasteiger charge is 2.39. The molecule has 1 aromatic heterocycles. The van der Waals surface area contributed by atoms with E-state index in [4.69, 9.17) is 0 Å². The van der Waals surface area contributed by atoms with Gasteiger partial charge in [-0.1, -0.05) is 12.1 Å². The summed E-state index contributed by atoms with van der Waals surface area (Å²) in [5, 5.41) is 11.0. The molecule has 0 aliphatic heterocycles. The first kappa shape index (κ1) is 8.98. The van der Waals surface area contributed by atoms with Gasteiger partial charge in [0.2, 0.25) is 0 Å². The van der Waals surface area contributed by atoms with Crippen LogP contribution in [0.15, 0.2) is 30.5 Å². The number of aliphatic hydroxyl groups is 1. The topological polar surface area (TPSA) is 36.0 Å². The van der Waals surface area contributed by atoms with Crippen LogP contribution in [0.1, 0.15) is 24.8 Å². The Morgan fingerprint density at radius 2 is 2.13 bits per heavy atom. The van der Waals surface area contributed by atoms with Crippen LogP contribution < -0.4 is 0 Å². The quantitative estimate of drug-likeness (QED) is 0.786. The second-order valence-corrected chi connectivity index (χ2v) is 4.62. The molecule has 0 unspecified atom stereocenters. The van der Waals surface area contributed by atoms with Gasteiger partial charge in [-0.2, -0.15) is 0 Å². The number of hydrogen-bond acceptors (Lipinski definition) is 1. The van der Waals surface area contributed by atoms with Crippen LogP contribution in [-0.2, 0) is 6.42 Å². The van der Waals surface area contributed by atoms with Gasteiger partial charge in [-0.15, -0.1) is 0 Å². The van der Waals surface area contributed by atoms with Crippen LogP contribution >= 0.6 is 0 Å². The van der Waals surface area contributed by atoms with Gasteiger partial charge in [0, 0.05) is 11.7 Å². The van der Waals surface area contributed by atoms with Gasteiger partial charge < -0.3 is 10.1 Å². The molecule has 1 aromatic carbocycles. The van der Waals surface area contributed by atoms with Crippen LogP contribution in [0.3, 0.4) is 0 Å². The Morgan fingerprint density at radius 3 is 2.93 bits per heavy atom. The number of H-pyrrole nitrogens is 1. The van der Waals surface area contributed by atoms with Crippen LogP contribution in [0.5, 0.6) is 0 Å². The second kappa shape index (κ2) is 3.11. The summed E-state index contributed by atoms with van der Waals surface area (Å²) in [6.07, 6.45) is 5.81. The standard InChI is InChI=1S/C13H15NO/c15-13(6-7-13)5-3-10-1-2-11-4-8-14-12(11)9-10/h1-2,4,8-9,14-15H,3,5-7H2. The van der Waals surface area contributed by atoms with Gasteiger partial charge in [0.1, 0.15) is 0 Å². The molecule has 1 saturated carbocycles. The van der Waals surface area contributed by atoms with Crippen molar-refractivity contribution in [2.45, 2.75) is 31.3 Å². The molecule has 2 N–H and O–H groups in total. The van der Waals surface area contributed by atoms with Gasteiger partial charge >= 0.3 is 0 Å². The van der Waals surface area contributed by atoms with Crippen molar-refractivity contribution in [3.8, 4) is 0 Å². The van der Waals surface area contributed by atoms with Gasteiger partial charge in [-0.25, -0.2) is 0 Å². The van der Waals surface area contributed by atoms with E-state index < -0.39 is 0 Å². The lowest BCUT2D eigenvalue weighted by Crippen LogP contribution is -2.07. The SMILES string of the molecule is OC1(CCc2ccc3cc[nH]c3c2)CC1. The van der Waals surface area contributed by atoms with Crippen LogP contribution in [0.25, 0.3) is 10.9 Å². The first-order valence-electron chi connectivity index (χ1n) is 5.54. The molecule has 1 heterocycles. The molecule has 15 heavy (non-hydrogen) atoms.